The summed E-state index contributed by atoms with van der Waals surface area (Å²) >= 11 is 0. The predicted octanol–water partition coefficient (Wildman–Crippen LogP) is 3.11. The number of amides is 1. The van der Waals surface area contributed by atoms with Crippen molar-refractivity contribution in [2.75, 3.05) is 25.0 Å². The minimum Gasteiger partial charge on any atom is -0.396 e. The molecule has 1 fully saturated rings. The second-order valence-electron chi connectivity index (χ2n) is 7.01. The SMILES string of the molecule is CCC1(CO)CCN(C(C)C(=O)Nc2ccc(C)c(C)c2)CC1. The van der Waals surface area contributed by atoms with Gasteiger partial charge in [0.2, 0.25) is 5.91 Å². The Labute approximate surface area is 139 Å². The normalized spacial score (nSPS) is 19.3. The summed E-state index contributed by atoms with van der Waals surface area (Å²) in [7, 11) is 0. The number of hydrogen-bond acceptors (Lipinski definition) is 3. The molecule has 1 aliphatic heterocycles. The van der Waals surface area contributed by atoms with E-state index < -0.39 is 0 Å². The highest BCUT2D eigenvalue weighted by Crippen LogP contribution is 2.34. The smallest absolute Gasteiger partial charge is 0.241 e. The molecule has 1 unspecified atom stereocenters. The monoisotopic (exact) mass is 318 g/mol. The quantitative estimate of drug-likeness (QED) is 0.877. The van der Waals surface area contributed by atoms with Gasteiger partial charge in [0.15, 0.2) is 0 Å². The molecule has 1 atom stereocenters. The lowest BCUT2D eigenvalue weighted by Gasteiger charge is -2.42. The maximum atomic E-state index is 12.5. The number of carbonyl (C=O) groups excluding carboxylic acids is 1. The average Bonchev–Trinajstić information content (AvgIpc) is 2.57. The number of nitrogens with zero attached hydrogens (tertiary/aromatic N) is 1. The number of aryl methyl sites for hydroxylation is 2. The summed E-state index contributed by atoms with van der Waals surface area (Å²) in [5.74, 6) is 0.0428. The number of likely N-dealkylation sites (tertiary alicyclic amines) is 1. The molecule has 0 saturated carbocycles. The topological polar surface area (TPSA) is 52.6 Å². The Morgan fingerprint density at radius 1 is 1.30 bits per heavy atom. The van der Waals surface area contributed by atoms with Crippen molar-refractivity contribution in [3.63, 3.8) is 0 Å². The molecule has 0 bridgehead atoms. The van der Waals surface area contributed by atoms with Crippen LogP contribution >= 0.6 is 0 Å². The Hall–Kier alpha value is -1.39. The van der Waals surface area contributed by atoms with Gasteiger partial charge in [0.25, 0.3) is 0 Å². The van der Waals surface area contributed by atoms with E-state index >= 15 is 0 Å². The van der Waals surface area contributed by atoms with Crippen LogP contribution < -0.4 is 5.32 Å². The number of piperidine rings is 1. The number of aliphatic hydroxyl groups excluding tert-OH is 1. The van der Waals surface area contributed by atoms with Gasteiger partial charge in [-0.15, -0.1) is 0 Å². The van der Waals surface area contributed by atoms with Crippen LogP contribution in [0.25, 0.3) is 0 Å². The van der Waals surface area contributed by atoms with Crippen molar-refractivity contribution in [2.24, 2.45) is 5.41 Å². The van der Waals surface area contributed by atoms with Crippen LogP contribution in [-0.4, -0.2) is 41.7 Å². The first kappa shape index (κ1) is 18.0. The number of nitrogens with one attached hydrogen (secondary N) is 1. The number of anilines is 1. The Morgan fingerprint density at radius 2 is 1.96 bits per heavy atom. The molecule has 1 heterocycles. The van der Waals surface area contributed by atoms with Crippen molar-refractivity contribution < 1.29 is 9.90 Å². The maximum absolute atomic E-state index is 12.5. The van der Waals surface area contributed by atoms with Gasteiger partial charge >= 0.3 is 0 Å². The fraction of sp³-hybridized carbons (Fsp3) is 0.632. The molecule has 1 saturated heterocycles. The van der Waals surface area contributed by atoms with E-state index in [-0.39, 0.29) is 24.0 Å². The predicted molar refractivity (Wildman–Crippen MR) is 94.6 cm³/mol. The van der Waals surface area contributed by atoms with E-state index in [0.717, 1.165) is 38.0 Å². The summed E-state index contributed by atoms with van der Waals surface area (Å²) in [6, 6.07) is 5.86. The maximum Gasteiger partial charge on any atom is 0.241 e. The van der Waals surface area contributed by atoms with Crippen LogP contribution in [0.1, 0.15) is 44.2 Å². The zero-order valence-corrected chi connectivity index (χ0v) is 14.9. The van der Waals surface area contributed by atoms with Gasteiger partial charge in [0, 0.05) is 12.3 Å². The molecular weight excluding hydrogens is 288 g/mol. The molecule has 128 valence electrons. The van der Waals surface area contributed by atoms with Gasteiger partial charge in [-0.05, 0) is 81.8 Å². The molecule has 23 heavy (non-hydrogen) atoms. The number of hydrogen-bond donors (Lipinski definition) is 2. The average molecular weight is 318 g/mol. The lowest BCUT2D eigenvalue weighted by molar-refractivity contribution is -0.121. The Morgan fingerprint density at radius 3 is 2.48 bits per heavy atom. The fourth-order valence-electron chi connectivity index (χ4n) is 3.24. The fourth-order valence-corrected chi connectivity index (χ4v) is 3.24. The Kier molecular flexibility index (Phi) is 5.82. The number of benzene rings is 1. The van der Waals surface area contributed by atoms with Crippen LogP contribution in [0.2, 0.25) is 0 Å². The van der Waals surface area contributed by atoms with E-state index in [0.29, 0.717) is 0 Å². The molecule has 1 aromatic carbocycles. The summed E-state index contributed by atoms with van der Waals surface area (Å²) < 4.78 is 0. The van der Waals surface area contributed by atoms with Gasteiger partial charge in [0.05, 0.1) is 6.04 Å². The van der Waals surface area contributed by atoms with Gasteiger partial charge in [-0.2, -0.15) is 0 Å². The van der Waals surface area contributed by atoms with Gasteiger partial charge in [-0.3, -0.25) is 9.69 Å². The highest BCUT2D eigenvalue weighted by molar-refractivity contribution is 5.94. The third-order valence-electron chi connectivity index (χ3n) is 5.65. The summed E-state index contributed by atoms with van der Waals surface area (Å²) in [5.41, 5.74) is 3.33. The zero-order valence-electron chi connectivity index (χ0n) is 14.9. The van der Waals surface area contributed by atoms with Crippen molar-refractivity contribution in [1.29, 1.82) is 0 Å². The van der Waals surface area contributed by atoms with Gasteiger partial charge < -0.3 is 10.4 Å². The summed E-state index contributed by atoms with van der Waals surface area (Å²) in [5, 5.41) is 12.6. The highest BCUT2D eigenvalue weighted by Gasteiger charge is 2.35. The summed E-state index contributed by atoms with van der Waals surface area (Å²) in [6.07, 6.45) is 2.92. The first-order valence-electron chi connectivity index (χ1n) is 8.64. The van der Waals surface area contributed by atoms with Crippen molar-refractivity contribution in [3.05, 3.63) is 29.3 Å². The summed E-state index contributed by atoms with van der Waals surface area (Å²) in [4.78, 5) is 14.7. The van der Waals surface area contributed by atoms with Crippen LogP contribution in [0.5, 0.6) is 0 Å². The van der Waals surface area contributed by atoms with Gasteiger partial charge in [-0.25, -0.2) is 0 Å². The van der Waals surface area contributed by atoms with Crippen LogP contribution in [0.15, 0.2) is 18.2 Å². The number of carbonyl (C=O) groups is 1. The molecule has 2 N–H and O–H groups in total. The Bertz CT molecular complexity index is 542. The van der Waals surface area contributed by atoms with E-state index in [4.69, 9.17) is 0 Å². The van der Waals surface area contributed by atoms with Gasteiger partial charge in [-0.1, -0.05) is 13.0 Å². The van der Waals surface area contributed by atoms with Crippen molar-refractivity contribution in [2.45, 2.75) is 53.0 Å². The lowest BCUT2D eigenvalue weighted by Crippen LogP contribution is -2.49. The zero-order chi connectivity index (χ0) is 17.0. The molecular formula is C19H30N2O2. The van der Waals surface area contributed by atoms with Crippen LogP contribution in [-0.2, 0) is 4.79 Å². The standard InChI is InChI=1S/C19H30N2O2/c1-5-19(13-22)8-10-21(11-9-19)16(4)18(23)20-17-7-6-14(2)15(3)12-17/h6-7,12,16,22H,5,8-11,13H2,1-4H3,(H,20,23). The number of aliphatic hydroxyl groups is 1. The molecule has 1 aliphatic rings. The molecule has 0 aliphatic carbocycles. The molecule has 2 rings (SSSR count). The third kappa shape index (κ3) is 4.12. The molecule has 4 nitrogen and oxygen atoms in total. The molecule has 0 aromatic heterocycles. The first-order chi connectivity index (χ1) is 10.9. The van der Waals surface area contributed by atoms with E-state index in [1.54, 1.807) is 0 Å². The molecule has 0 spiro atoms. The Balaban J connectivity index is 1.94. The van der Waals surface area contributed by atoms with Crippen molar-refractivity contribution in [1.82, 2.24) is 4.90 Å². The number of rotatable bonds is 5. The van der Waals surface area contributed by atoms with E-state index in [2.05, 4.69) is 31.0 Å². The first-order valence-corrected chi connectivity index (χ1v) is 8.64. The van der Waals surface area contributed by atoms with Gasteiger partial charge in [0.1, 0.15) is 0 Å². The van der Waals surface area contributed by atoms with Crippen LogP contribution in [0.3, 0.4) is 0 Å². The second kappa shape index (κ2) is 7.45. The molecule has 1 amide bonds. The van der Waals surface area contributed by atoms with Crippen molar-refractivity contribution >= 4 is 11.6 Å². The minimum absolute atomic E-state index is 0.0428. The molecule has 0 radical (unpaired) electrons. The van der Waals surface area contributed by atoms with E-state index in [9.17, 15) is 9.90 Å². The van der Waals surface area contributed by atoms with Crippen LogP contribution in [0, 0.1) is 19.3 Å². The second-order valence-corrected chi connectivity index (χ2v) is 7.01. The van der Waals surface area contributed by atoms with E-state index in [1.165, 1.54) is 11.1 Å². The van der Waals surface area contributed by atoms with Crippen molar-refractivity contribution in [3.8, 4) is 0 Å². The largest absolute Gasteiger partial charge is 0.396 e. The highest BCUT2D eigenvalue weighted by atomic mass is 16.3. The summed E-state index contributed by atoms with van der Waals surface area (Å²) in [6.45, 7) is 10.2. The molecule has 1 aromatic rings. The third-order valence-corrected chi connectivity index (χ3v) is 5.65. The van der Waals surface area contributed by atoms with E-state index in [1.807, 2.05) is 25.1 Å². The molecule has 4 heteroatoms. The van der Waals surface area contributed by atoms with Crippen LogP contribution in [0.4, 0.5) is 5.69 Å². The lowest BCUT2D eigenvalue weighted by atomic mass is 9.76. The minimum atomic E-state index is -0.148.